The van der Waals surface area contributed by atoms with Gasteiger partial charge in [0.05, 0.1) is 4.90 Å². The van der Waals surface area contributed by atoms with Gasteiger partial charge in [-0.3, -0.25) is 4.72 Å². The molecule has 0 atom stereocenters. The number of rotatable bonds is 10. The molecule has 25 heavy (non-hydrogen) atoms. The third-order valence-corrected chi connectivity index (χ3v) is 5.48. The van der Waals surface area contributed by atoms with Crippen molar-refractivity contribution >= 4 is 21.4 Å². The van der Waals surface area contributed by atoms with Crippen LogP contribution in [0.4, 0.5) is 11.4 Å². The van der Waals surface area contributed by atoms with Crippen molar-refractivity contribution < 1.29 is 8.42 Å². The molecule has 2 rings (SSSR count). The highest BCUT2D eigenvalue weighted by Crippen LogP contribution is 2.19. The Morgan fingerprint density at radius 1 is 0.800 bits per heavy atom. The fourth-order valence-electron chi connectivity index (χ4n) is 2.55. The van der Waals surface area contributed by atoms with E-state index in [-0.39, 0.29) is 4.90 Å². The molecule has 0 saturated carbocycles. The number of anilines is 2. The lowest BCUT2D eigenvalue weighted by molar-refractivity contribution is 0.601. The molecule has 4 nitrogen and oxygen atoms in total. The summed E-state index contributed by atoms with van der Waals surface area (Å²) in [5.41, 5.74) is 2.60. The molecule has 0 saturated heterocycles. The molecule has 0 bridgehead atoms. The van der Waals surface area contributed by atoms with Crippen LogP contribution in [0.25, 0.3) is 0 Å². The van der Waals surface area contributed by atoms with E-state index in [9.17, 15) is 8.42 Å². The minimum Gasteiger partial charge on any atom is -0.385 e. The minimum absolute atomic E-state index is 0.271. The molecular formula is C20H28N2O2S. The quantitative estimate of drug-likeness (QED) is 0.574. The van der Waals surface area contributed by atoms with E-state index in [0.29, 0.717) is 5.69 Å². The zero-order chi connectivity index (χ0) is 18.1. The van der Waals surface area contributed by atoms with Crippen molar-refractivity contribution in [2.45, 2.75) is 50.8 Å². The van der Waals surface area contributed by atoms with Gasteiger partial charge in [0.15, 0.2) is 0 Å². The van der Waals surface area contributed by atoms with Crippen molar-refractivity contribution in [1.82, 2.24) is 0 Å². The van der Waals surface area contributed by atoms with Crippen LogP contribution in [0.5, 0.6) is 0 Å². The molecule has 0 unspecified atom stereocenters. The topological polar surface area (TPSA) is 58.2 Å². The second-order valence-electron chi connectivity index (χ2n) is 6.34. The van der Waals surface area contributed by atoms with Crippen LogP contribution in [-0.2, 0) is 10.0 Å². The first kappa shape index (κ1) is 19.3. The molecule has 0 aliphatic rings. The Morgan fingerprint density at radius 3 is 2.04 bits per heavy atom. The van der Waals surface area contributed by atoms with Gasteiger partial charge in [-0.2, -0.15) is 0 Å². The molecule has 0 fully saturated rings. The van der Waals surface area contributed by atoms with Gasteiger partial charge in [-0.1, -0.05) is 50.3 Å². The number of nitrogens with one attached hydrogen (secondary N) is 2. The lowest BCUT2D eigenvalue weighted by atomic mass is 10.1. The zero-order valence-electron chi connectivity index (χ0n) is 15.1. The number of unbranched alkanes of at least 4 members (excludes halogenated alkanes) is 4. The van der Waals surface area contributed by atoms with Crippen molar-refractivity contribution in [2.24, 2.45) is 0 Å². The summed E-state index contributed by atoms with van der Waals surface area (Å²) in [4.78, 5) is 0.271. The monoisotopic (exact) mass is 360 g/mol. The molecule has 0 heterocycles. The molecule has 0 aliphatic carbocycles. The highest BCUT2D eigenvalue weighted by Gasteiger charge is 2.13. The maximum atomic E-state index is 12.4. The summed E-state index contributed by atoms with van der Waals surface area (Å²) in [5.74, 6) is 0. The standard InChI is InChI=1S/C20H28N2O2S/c1-3-4-5-6-7-16-21-18-10-12-19(13-11-18)22-25(23,24)20-14-8-17(2)9-15-20/h8-15,21-22H,3-7,16H2,1-2H3. The number of sulfonamides is 1. The van der Waals surface area contributed by atoms with E-state index in [1.54, 1.807) is 36.4 Å². The molecule has 2 aromatic carbocycles. The number of hydrogen-bond donors (Lipinski definition) is 2. The van der Waals surface area contributed by atoms with Crippen LogP contribution in [0.15, 0.2) is 53.4 Å². The predicted molar refractivity (Wildman–Crippen MR) is 106 cm³/mol. The summed E-state index contributed by atoms with van der Waals surface area (Å²) >= 11 is 0. The maximum absolute atomic E-state index is 12.4. The normalized spacial score (nSPS) is 11.3. The van der Waals surface area contributed by atoms with Crippen LogP contribution in [0.2, 0.25) is 0 Å². The average molecular weight is 361 g/mol. The van der Waals surface area contributed by atoms with E-state index >= 15 is 0 Å². The lowest BCUT2D eigenvalue weighted by Crippen LogP contribution is -2.12. The van der Waals surface area contributed by atoms with Gasteiger partial charge in [0.25, 0.3) is 10.0 Å². The molecule has 0 aliphatic heterocycles. The molecule has 0 spiro atoms. The van der Waals surface area contributed by atoms with Crippen molar-refractivity contribution in [1.29, 1.82) is 0 Å². The van der Waals surface area contributed by atoms with Crippen LogP contribution >= 0.6 is 0 Å². The fraction of sp³-hybridized carbons (Fsp3) is 0.400. The largest absolute Gasteiger partial charge is 0.385 e. The SMILES string of the molecule is CCCCCCCNc1ccc(NS(=O)(=O)c2ccc(C)cc2)cc1. The molecular weight excluding hydrogens is 332 g/mol. The highest BCUT2D eigenvalue weighted by atomic mass is 32.2. The first-order chi connectivity index (χ1) is 12.0. The molecule has 0 amide bonds. The number of hydrogen-bond acceptors (Lipinski definition) is 3. The Hall–Kier alpha value is -2.01. The van der Waals surface area contributed by atoms with Gasteiger partial charge in [-0.05, 0) is 49.7 Å². The van der Waals surface area contributed by atoms with E-state index in [1.165, 1.54) is 25.7 Å². The summed E-state index contributed by atoms with van der Waals surface area (Å²) in [6, 6.07) is 14.2. The average Bonchev–Trinajstić information content (AvgIpc) is 2.59. The van der Waals surface area contributed by atoms with Gasteiger partial charge in [0, 0.05) is 17.9 Å². The third-order valence-electron chi connectivity index (χ3n) is 4.08. The Bertz CT molecular complexity index is 738. The van der Waals surface area contributed by atoms with Gasteiger partial charge in [0.2, 0.25) is 0 Å². The zero-order valence-corrected chi connectivity index (χ0v) is 15.9. The van der Waals surface area contributed by atoms with Crippen LogP contribution in [-0.4, -0.2) is 15.0 Å². The molecule has 0 aromatic heterocycles. The van der Waals surface area contributed by atoms with E-state index in [1.807, 2.05) is 19.1 Å². The molecule has 2 N–H and O–H groups in total. The van der Waals surface area contributed by atoms with Crippen molar-refractivity contribution in [3.8, 4) is 0 Å². The summed E-state index contributed by atoms with van der Waals surface area (Å²) in [6.07, 6.45) is 6.25. The number of benzene rings is 2. The minimum atomic E-state index is -3.54. The smallest absolute Gasteiger partial charge is 0.261 e. The van der Waals surface area contributed by atoms with E-state index < -0.39 is 10.0 Å². The Balaban J connectivity index is 1.86. The van der Waals surface area contributed by atoms with Crippen molar-refractivity contribution in [2.75, 3.05) is 16.6 Å². The van der Waals surface area contributed by atoms with Crippen molar-refractivity contribution in [3.05, 3.63) is 54.1 Å². The Morgan fingerprint density at radius 2 is 1.40 bits per heavy atom. The second-order valence-corrected chi connectivity index (χ2v) is 8.02. The summed E-state index contributed by atoms with van der Waals surface area (Å²) < 4.78 is 27.4. The number of aryl methyl sites for hydroxylation is 1. The summed E-state index contributed by atoms with van der Waals surface area (Å²) in [5, 5.41) is 3.37. The first-order valence-corrected chi connectivity index (χ1v) is 10.4. The van der Waals surface area contributed by atoms with Crippen molar-refractivity contribution in [3.63, 3.8) is 0 Å². The van der Waals surface area contributed by atoms with Crippen LogP contribution in [0.1, 0.15) is 44.6 Å². The Kier molecular flexibility index (Phi) is 7.31. The molecule has 0 radical (unpaired) electrons. The molecule has 136 valence electrons. The highest BCUT2D eigenvalue weighted by molar-refractivity contribution is 7.92. The predicted octanol–water partition coefficient (Wildman–Crippen LogP) is 5.18. The van der Waals surface area contributed by atoms with Crippen LogP contribution < -0.4 is 10.0 Å². The second kappa shape index (κ2) is 9.47. The fourth-order valence-corrected chi connectivity index (χ4v) is 3.61. The molecule has 5 heteroatoms. The van der Waals surface area contributed by atoms with Crippen LogP contribution in [0.3, 0.4) is 0 Å². The van der Waals surface area contributed by atoms with E-state index in [4.69, 9.17) is 0 Å². The Labute approximate surface area is 151 Å². The lowest BCUT2D eigenvalue weighted by Gasteiger charge is -2.10. The summed E-state index contributed by atoms with van der Waals surface area (Å²) in [7, 11) is -3.54. The van der Waals surface area contributed by atoms with Gasteiger partial charge in [-0.25, -0.2) is 8.42 Å². The maximum Gasteiger partial charge on any atom is 0.261 e. The first-order valence-electron chi connectivity index (χ1n) is 8.94. The molecule has 2 aromatic rings. The van der Waals surface area contributed by atoms with Gasteiger partial charge in [-0.15, -0.1) is 0 Å². The van der Waals surface area contributed by atoms with E-state index in [0.717, 1.165) is 24.2 Å². The van der Waals surface area contributed by atoms with Gasteiger partial charge < -0.3 is 5.32 Å². The van der Waals surface area contributed by atoms with Gasteiger partial charge in [0.1, 0.15) is 0 Å². The summed E-state index contributed by atoms with van der Waals surface area (Å²) in [6.45, 7) is 5.09. The van der Waals surface area contributed by atoms with Crippen LogP contribution in [0, 0.1) is 6.92 Å². The van der Waals surface area contributed by atoms with E-state index in [2.05, 4.69) is 17.0 Å². The van der Waals surface area contributed by atoms with Gasteiger partial charge >= 0.3 is 0 Å². The third kappa shape index (κ3) is 6.42.